The maximum absolute atomic E-state index is 11.5. The smallest absolute Gasteiger partial charge is 0.315 e. The lowest BCUT2D eigenvalue weighted by Crippen LogP contribution is -2.24. The molecule has 4 nitrogen and oxygen atoms in total. The van der Waals surface area contributed by atoms with E-state index in [4.69, 9.17) is 11.6 Å². The molecule has 0 bridgehead atoms. The summed E-state index contributed by atoms with van der Waals surface area (Å²) >= 11 is 5.77. The minimum absolute atomic E-state index is 0.0294. The molecule has 0 aliphatic heterocycles. The van der Waals surface area contributed by atoms with E-state index in [1.54, 1.807) is 18.3 Å². The average Bonchev–Trinajstić information content (AvgIpc) is 2.15. The van der Waals surface area contributed by atoms with Crippen molar-refractivity contribution in [3.63, 3.8) is 0 Å². The summed E-state index contributed by atoms with van der Waals surface area (Å²) in [6, 6.07) is 2.87. The van der Waals surface area contributed by atoms with Gasteiger partial charge in [0.2, 0.25) is 0 Å². The molecule has 0 spiro atoms. The Morgan fingerprint density at radius 3 is 2.76 bits per heavy atom. The van der Waals surface area contributed by atoms with Crippen LogP contribution in [0.15, 0.2) is 30.6 Å². The van der Waals surface area contributed by atoms with Crippen LogP contribution in [0, 0.1) is 5.41 Å². The van der Waals surface area contributed by atoms with Crippen LogP contribution in [0.5, 0.6) is 0 Å². The van der Waals surface area contributed by atoms with Crippen LogP contribution in [0.4, 0.5) is 10.6 Å². The molecule has 5 heteroatoms. The van der Waals surface area contributed by atoms with Gasteiger partial charge < -0.3 is 5.32 Å². The van der Waals surface area contributed by atoms with Crippen molar-refractivity contribution in [3.8, 4) is 0 Å². The van der Waals surface area contributed by atoms with E-state index in [0.29, 0.717) is 10.8 Å². The van der Waals surface area contributed by atoms with Gasteiger partial charge in [0, 0.05) is 17.4 Å². The highest BCUT2D eigenvalue weighted by molar-refractivity contribution is 6.30. The van der Waals surface area contributed by atoms with E-state index in [1.165, 1.54) is 6.20 Å². The normalized spacial score (nSPS) is 11.5. The second-order valence-corrected chi connectivity index (χ2v) is 5.09. The largest absolute Gasteiger partial charge is 0.324 e. The Morgan fingerprint density at radius 2 is 2.18 bits per heavy atom. The lowest BCUT2D eigenvalue weighted by atomic mass is 9.97. The average molecular weight is 254 g/mol. The summed E-state index contributed by atoms with van der Waals surface area (Å²) in [5.74, 6) is 0.416. The van der Waals surface area contributed by atoms with E-state index in [9.17, 15) is 4.79 Å². The number of amides is 2. The lowest BCUT2D eigenvalue weighted by Gasteiger charge is -2.11. The molecular weight excluding hydrogens is 238 g/mol. The predicted molar refractivity (Wildman–Crippen MR) is 70.0 cm³/mol. The zero-order chi connectivity index (χ0) is 12.9. The molecule has 1 aromatic rings. The van der Waals surface area contributed by atoms with Crippen LogP contribution in [-0.2, 0) is 0 Å². The summed E-state index contributed by atoms with van der Waals surface area (Å²) in [5.41, 5.74) is 0.0294. The predicted octanol–water partition coefficient (Wildman–Crippen LogP) is 3.42. The number of allylic oxidation sites excluding steroid dienone is 1. The molecule has 1 rings (SSSR count). The number of pyridine rings is 1. The number of carbonyl (C=O) groups is 1. The summed E-state index contributed by atoms with van der Waals surface area (Å²) in [7, 11) is 0. The van der Waals surface area contributed by atoms with Crippen molar-refractivity contribution in [2.75, 3.05) is 5.32 Å². The summed E-state index contributed by atoms with van der Waals surface area (Å²) in [4.78, 5) is 15.4. The summed E-state index contributed by atoms with van der Waals surface area (Å²) in [6.07, 6.45) is 5.04. The first-order chi connectivity index (χ1) is 7.87. The SMILES string of the molecule is CC(C)(C)/C=C/NC(=O)Nc1cc(Cl)ccn1. The third-order valence-corrected chi connectivity index (χ3v) is 2.00. The van der Waals surface area contributed by atoms with Gasteiger partial charge in [-0.15, -0.1) is 0 Å². The standard InChI is InChI=1S/C12H16ClN3O/c1-12(2,3)5-7-15-11(17)16-10-8-9(13)4-6-14-10/h4-8H,1-3H3,(H2,14,15,16,17)/b7-5+. The van der Waals surface area contributed by atoms with Gasteiger partial charge in [-0.05, 0) is 17.5 Å². The molecule has 0 saturated carbocycles. The molecule has 0 aliphatic carbocycles. The molecule has 0 saturated heterocycles. The number of nitrogens with one attached hydrogen (secondary N) is 2. The monoisotopic (exact) mass is 253 g/mol. The van der Waals surface area contributed by atoms with Crippen LogP contribution in [-0.4, -0.2) is 11.0 Å². The topological polar surface area (TPSA) is 54.0 Å². The second kappa shape index (κ2) is 5.68. The Morgan fingerprint density at radius 1 is 1.47 bits per heavy atom. The third kappa shape index (κ3) is 5.92. The number of anilines is 1. The van der Waals surface area contributed by atoms with E-state index in [1.807, 2.05) is 26.8 Å². The van der Waals surface area contributed by atoms with Gasteiger partial charge in [0.05, 0.1) is 0 Å². The van der Waals surface area contributed by atoms with Gasteiger partial charge in [0.25, 0.3) is 0 Å². The minimum atomic E-state index is -0.347. The van der Waals surface area contributed by atoms with Gasteiger partial charge in [-0.1, -0.05) is 38.4 Å². The number of halogens is 1. The molecule has 0 aromatic carbocycles. The fraction of sp³-hybridized carbons (Fsp3) is 0.333. The van der Waals surface area contributed by atoms with Crippen molar-refractivity contribution in [1.82, 2.24) is 10.3 Å². The number of nitrogens with zero attached hydrogens (tertiary/aromatic N) is 1. The first kappa shape index (κ1) is 13.5. The van der Waals surface area contributed by atoms with Crippen LogP contribution in [0.3, 0.4) is 0 Å². The maximum atomic E-state index is 11.5. The Balaban J connectivity index is 2.48. The highest BCUT2D eigenvalue weighted by Gasteiger charge is 2.04. The van der Waals surface area contributed by atoms with Gasteiger partial charge in [-0.25, -0.2) is 9.78 Å². The van der Waals surface area contributed by atoms with E-state index >= 15 is 0 Å². The fourth-order valence-electron chi connectivity index (χ4n) is 0.993. The Labute approximate surface area is 106 Å². The zero-order valence-corrected chi connectivity index (χ0v) is 10.9. The van der Waals surface area contributed by atoms with E-state index in [2.05, 4.69) is 15.6 Å². The zero-order valence-electron chi connectivity index (χ0n) is 10.1. The number of aromatic nitrogens is 1. The summed E-state index contributed by atoms with van der Waals surface area (Å²) in [6.45, 7) is 6.13. The first-order valence-corrected chi connectivity index (χ1v) is 5.61. The summed E-state index contributed by atoms with van der Waals surface area (Å²) < 4.78 is 0. The van der Waals surface area contributed by atoms with Gasteiger partial charge in [0.1, 0.15) is 5.82 Å². The van der Waals surface area contributed by atoms with Crippen molar-refractivity contribution in [1.29, 1.82) is 0 Å². The Bertz CT molecular complexity index is 424. The van der Waals surface area contributed by atoms with E-state index in [0.717, 1.165) is 0 Å². The molecule has 1 aromatic heterocycles. The quantitative estimate of drug-likeness (QED) is 0.849. The van der Waals surface area contributed by atoms with Crippen molar-refractivity contribution in [3.05, 3.63) is 35.6 Å². The molecule has 2 N–H and O–H groups in total. The Hall–Kier alpha value is -1.55. The molecule has 0 aliphatic rings. The molecule has 0 atom stereocenters. The van der Waals surface area contributed by atoms with Crippen molar-refractivity contribution in [2.24, 2.45) is 5.41 Å². The van der Waals surface area contributed by atoms with Crippen molar-refractivity contribution < 1.29 is 4.79 Å². The van der Waals surface area contributed by atoms with Crippen LogP contribution in [0.1, 0.15) is 20.8 Å². The maximum Gasteiger partial charge on any atom is 0.324 e. The molecule has 92 valence electrons. The van der Waals surface area contributed by atoms with Crippen molar-refractivity contribution in [2.45, 2.75) is 20.8 Å². The molecule has 17 heavy (non-hydrogen) atoms. The minimum Gasteiger partial charge on any atom is -0.315 e. The lowest BCUT2D eigenvalue weighted by molar-refractivity contribution is 0.255. The van der Waals surface area contributed by atoms with Crippen LogP contribution in [0.2, 0.25) is 5.02 Å². The van der Waals surface area contributed by atoms with Crippen LogP contribution >= 0.6 is 11.6 Å². The number of carbonyl (C=O) groups excluding carboxylic acids is 1. The molecule has 0 unspecified atom stereocenters. The molecule has 1 heterocycles. The number of rotatable bonds is 2. The third-order valence-electron chi connectivity index (χ3n) is 1.76. The number of hydrogen-bond acceptors (Lipinski definition) is 2. The molecular formula is C12H16ClN3O. The highest BCUT2D eigenvalue weighted by Crippen LogP contribution is 2.14. The second-order valence-electron chi connectivity index (χ2n) is 4.66. The van der Waals surface area contributed by atoms with E-state index < -0.39 is 0 Å². The summed E-state index contributed by atoms with van der Waals surface area (Å²) in [5, 5.41) is 5.69. The molecule has 0 fully saturated rings. The first-order valence-electron chi connectivity index (χ1n) is 5.23. The molecule has 2 amide bonds. The van der Waals surface area contributed by atoms with Gasteiger partial charge in [-0.3, -0.25) is 5.32 Å². The van der Waals surface area contributed by atoms with Crippen molar-refractivity contribution >= 4 is 23.4 Å². The molecule has 0 radical (unpaired) electrons. The van der Waals surface area contributed by atoms with Crippen LogP contribution < -0.4 is 10.6 Å². The number of hydrogen-bond donors (Lipinski definition) is 2. The fourth-order valence-corrected chi connectivity index (χ4v) is 1.15. The van der Waals surface area contributed by atoms with Gasteiger partial charge in [-0.2, -0.15) is 0 Å². The van der Waals surface area contributed by atoms with Gasteiger partial charge >= 0.3 is 6.03 Å². The van der Waals surface area contributed by atoms with E-state index in [-0.39, 0.29) is 11.4 Å². The Kier molecular flexibility index (Phi) is 4.52. The number of urea groups is 1. The van der Waals surface area contributed by atoms with Gasteiger partial charge in [0.15, 0.2) is 0 Å². The highest BCUT2D eigenvalue weighted by atomic mass is 35.5. The van der Waals surface area contributed by atoms with Crippen LogP contribution in [0.25, 0.3) is 0 Å².